The van der Waals surface area contributed by atoms with Crippen molar-refractivity contribution in [1.29, 1.82) is 0 Å². The van der Waals surface area contributed by atoms with Gasteiger partial charge in [0.25, 0.3) is 11.8 Å². The summed E-state index contributed by atoms with van der Waals surface area (Å²) in [5.74, 6) is -0.0722. The molecule has 3 aromatic rings. The van der Waals surface area contributed by atoms with Crippen molar-refractivity contribution in [3.63, 3.8) is 0 Å². The van der Waals surface area contributed by atoms with Gasteiger partial charge in [0.2, 0.25) is 0 Å². The lowest BCUT2D eigenvalue weighted by molar-refractivity contribution is 0.0987. The predicted octanol–water partition coefficient (Wildman–Crippen LogP) is 5.21. The van der Waals surface area contributed by atoms with Gasteiger partial charge in [-0.15, -0.1) is 11.3 Å². The summed E-state index contributed by atoms with van der Waals surface area (Å²) in [6.45, 7) is 4.70. The Morgan fingerprint density at radius 3 is 2.54 bits per heavy atom. The first kappa shape index (κ1) is 18.4. The molecule has 1 aromatic heterocycles. The molecule has 0 atom stereocenters. The molecule has 0 spiro atoms. The molecule has 0 unspecified atom stereocenters. The smallest absolute Gasteiger partial charge is 0.268 e. The molecule has 2 heterocycles. The third-order valence-electron chi connectivity index (χ3n) is 4.92. The molecule has 142 valence electrons. The molecule has 4 nitrogen and oxygen atoms in total. The van der Waals surface area contributed by atoms with E-state index in [1.165, 1.54) is 11.3 Å². The molecule has 0 fully saturated rings. The topological polar surface area (TPSA) is 49.4 Å². The van der Waals surface area contributed by atoms with Crippen LogP contribution in [0, 0.1) is 13.8 Å². The van der Waals surface area contributed by atoms with E-state index in [2.05, 4.69) is 11.4 Å². The van der Waals surface area contributed by atoms with Crippen molar-refractivity contribution in [3.8, 4) is 0 Å². The Kier molecular flexibility index (Phi) is 5.01. The van der Waals surface area contributed by atoms with Crippen LogP contribution in [0.3, 0.4) is 0 Å². The fourth-order valence-corrected chi connectivity index (χ4v) is 4.40. The molecular formula is C23H22N2O2S. The number of hydrogen-bond donors (Lipinski definition) is 1. The summed E-state index contributed by atoms with van der Waals surface area (Å²) >= 11 is 1.46. The van der Waals surface area contributed by atoms with Gasteiger partial charge >= 0.3 is 0 Å². The van der Waals surface area contributed by atoms with Crippen LogP contribution in [0.4, 0.5) is 11.4 Å². The van der Waals surface area contributed by atoms with E-state index in [-0.39, 0.29) is 11.8 Å². The van der Waals surface area contributed by atoms with Gasteiger partial charge in [-0.05, 0) is 74.0 Å². The molecule has 4 rings (SSSR count). The van der Waals surface area contributed by atoms with Crippen LogP contribution in [-0.4, -0.2) is 18.4 Å². The van der Waals surface area contributed by atoms with Crippen LogP contribution in [0.1, 0.15) is 43.1 Å². The van der Waals surface area contributed by atoms with Gasteiger partial charge in [-0.3, -0.25) is 9.59 Å². The lowest BCUT2D eigenvalue weighted by atomic mass is 10.0. The Bertz CT molecular complexity index is 1020. The number of nitrogens with one attached hydrogen (secondary N) is 1. The van der Waals surface area contributed by atoms with Crippen LogP contribution in [0.15, 0.2) is 53.9 Å². The Hall–Kier alpha value is -2.92. The van der Waals surface area contributed by atoms with Crippen LogP contribution in [0.2, 0.25) is 0 Å². The maximum atomic E-state index is 12.8. The molecule has 2 aromatic carbocycles. The largest absolute Gasteiger partial charge is 0.322 e. The van der Waals surface area contributed by atoms with Crippen molar-refractivity contribution in [2.45, 2.75) is 26.7 Å². The number of nitrogens with zero attached hydrogens (tertiary/aromatic N) is 1. The normalized spacial score (nSPS) is 13.1. The number of rotatable bonds is 3. The second-order valence-corrected chi connectivity index (χ2v) is 8.16. The summed E-state index contributed by atoms with van der Waals surface area (Å²) in [4.78, 5) is 28.0. The standard InChI is InChI=1S/C23H22N2O2S/c1-15-11-16(2)13-18(12-15)22(26)24-19-7-8-20-17(14-19)5-3-9-25(20)23(27)21-6-4-10-28-21/h4,6-8,10-14H,3,5,9H2,1-2H3,(H,24,26). The van der Waals surface area contributed by atoms with Gasteiger partial charge in [0.1, 0.15) is 0 Å². The van der Waals surface area contributed by atoms with Gasteiger partial charge in [0.05, 0.1) is 4.88 Å². The Labute approximate surface area is 168 Å². The zero-order valence-electron chi connectivity index (χ0n) is 16.0. The van der Waals surface area contributed by atoms with E-state index in [0.29, 0.717) is 5.56 Å². The van der Waals surface area contributed by atoms with Crippen LogP contribution in [0.25, 0.3) is 0 Å². The van der Waals surface area contributed by atoms with Gasteiger partial charge in [-0.2, -0.15) is 0 Å². The fraction of sp³-hybridized carbons (Fsp3) is 0.217. The maximum absolute atomic E-state index is 12.8. The summed E-state index contributed by atoms with van der Waals surface area (Å²) in [5, 5.41) is 4.91. The highest BCUT2D eigenvalue weighted by Crippen LogP contribution is 2.31. The highest BCUT2D eigenvalue weighted by Gasteiger charge is 2.24. The van der Waals surface area contributed by atoms with Crippen LogP contribution in [0.5, 0.6) is 0 Å². The SMILES string of the molecule is Cc1cc(C)cc(C(=O)Nc2ccc3c(c2)CCCN3C(=O)c2cccs2)c1. The van der Waals surface area contributed by atoms with E-state index < -0.39 is 0 Å². The molecule has 1 aliphatic rings. The van der Waals surface area contributed by atoms with Crippen LogP contribution in [-0.2, 0) is 6.42 Å². The highest BCUT2D eigenvalue weighted by atomic mass is 32.1. The molecule has 2 amide bonds. The van der Waals surface area contributed by atoms with Gasteiger partial charge in [0.15, 0.2) is 0 Å². The van der Waals surface area contributed by atoms with Crippen molar-refractivity contribution in [1.82, 2.24) is 0 Å². The Morgan fingerprint density at radius 2 is 1.82 bits per heavy atom. The summed E-state index contributed by atoms with van der Waals surface area (Å²) < 4.78 is 0. The first-order valence-corrected chi connectivity index (χ1v) is 10.3. The highest BCUT2D eigenvalue weighted by molar-refractivity contribution is 7.12. The molecule has 0 radical (unpaired) electrons. The monoisotopic (exact) mass is 390 g/mol. The van der Waals surface area contributed by atoms with E-state index in [1.54, 1.807) is 0 Å². The fourth-order valence-electron chi connectivity index (χ4n) is 3.73. The maximum Gasteiger partial charge on any atom is 0.268 e. The van der Waals surface area contributed by atoms with Crippen molar-refractivity contribution in [2.24, 2.45) is 0 Å². The number of benzene rings is 2. The van der Waals surface area contributed by atoms with Gasteiger partial charge in [-0.1, -0.05) is 23.3 Å². The molecule has 5 heteroatoms. The molecule has 28 heavy (non-hydrogen) atoms. The predicted molar refractivity (Wildman–Crippen MR) is 115 cm³/mol. The van der Waals surface area contributed by atoms with E-state index >= 15 is 0 Å². The molecule has 0 saturated carbocycles. The Balaban J connectivity index is 1.57. The lowest BCUT2D eigenvalue weighted by Crippen LogP contribution is -2.35. The molecule has 0 saturated heterocycles. The quantitative estimate of drug-likeness (QED) is 0.667. The van der Waals surface area contributed by atoms with Crippen molar-refractivity contribution < 1.29 is 9.59 Å². The zero-order valence-corrected chi connectivity index (χ0v) is 16.8. The van der Waals surface area contributed by atoms with Gasteiger partial charge in [0, 0.05) is 23.5 Å². The summed E-state index contributed by atoms with van der Waals surface area (Å²) in [7, 11) is 0. The number of carbonyl (C=O) groups excluding carboxylic acids is 2. The minimum absolute atomic E-state index is 0.0444. The van der Waals surface area contributed by atoms with E-state index in [4.69, 9.17) is 0 Å². The lowest BCUT2D eigenvalue weighted by Gasteiger charge is -2.29. The van der Waals surface area contributed by atoms with E-state index in [0.717, 1.165) is 52.3 Å². The van der Waals surface area contributed by atoms with Crippen molar-refractivity contribution in [2.75, 3.05) is 16.8 Å². The van der Waals surface area contributed by atoms with Crippen molar-refractivity contribution >= 4 is 34.5 Å². The first-order valence-electron chi connectivity index (χ1n) is 9.39. The number of aryl methyl sites for hydroxylation is 3. The van der Waals surface area contributed by atoms with Gasteiger partial charge in [-0.25, -0.2) is 0 Å². The molecule has 1 aliphatic heterocycles. The number of carbonyl (C=O) groups is 2. The summed E-state index contributed by atoms with van der Waals surface area (Å²) in [5.41, 5.74) is 5.58. The third-order valence-corrected chi connectivity index (χ3v) is 5.77. The average Bonchev–Trinajstić information content (AvgIpc) is 3.21. The van der Waals surface area contributed by atoms with Crippen molar-refractivity contribution in [3.05, 3.63) is 81.0 Å². The van der Waals surface area contributed by atoms with E-state index in [1.807, 2.05) is 66.6 Å². The molecule has 0 bridgehead atoms. The number of anilines is 2. The molecule has 1 N–H and O–H groups in total. The zero-order chi connectivity index (χ0) is 19.7. The number of fused-ring (bicyclic) bond motifs is 1. The van der Waals surface area contributed by atoms with Crippen LogP contribution >= 0.6 is 11.3 Å². The van der Waals surface area contributed by atoms with Gasteiger partial charge < -0.3 is 10.2 Å². The summed E-state index contributed by atoms with van der Waals surface area (Å²) in [6.07, 6.45) is 1.81. The number of hydrogen-bond acceptors (Lipinski definition) is 3. The minimum Gasteiger partial charge on any atom is -0.322 e. The molecule has 0 aliphatic carbocycles. The minimum atomic E-state index is -0.117. The second-order valence-electron chi connectivity index (χ2n) is 7.21. The van der Waals surface area contributed by atoms with Crippen LogP contribution < -0.4 is 10.2 Å². The van der Waals surface area contributed by atoms with E-state index in [9.17, 15) is 9.59 Å². The average molecular weight is 391 g/mol. The third kappa shape index (κ3) is 3.71. The Morgan fingerprint density at radius 1 is 1.04 bits per heavy atom. The molecular weight excluding hydrogens is 368 g/mol. The second kappa shape index (κ2) is 7.60. The number of amides is 2. The summed E-state index contributed by atoms with van der Waals surface area (Å²) in [6, 6.07) is 15.4. The first-order chi connectivity index (χ1) is 13.5. The number of thiophene rings is 1.